The molecule has 21 heavy (non-hydrogen) atoms. The summed E-state index contributed by atoms with van der Waals surface area (Å²) in [5.41, 5.74) is -0.259. The smallest absolute Gasteiger partial charge is 0.251 e. The molecule has 1 amide bonds. The number of carbonyl (C=O) groups is 1. The lowest BCUT2D eigenvalue weighted by Crippen LogP contribution is -2.52. The Kier molecular flexibility index (Phi) is 5.67. The molecule has 5 nitrogen and oxygen atoms in total. The molecule has 1 aromatic rings. The van der Waals surface area contributed by atoms with Gasteiger partial charge in [-0.25, -0.2) is 4.39 Å². The highest BCUT2D eigenvalue weighted by atomic mass is 19.1. The third-order valence-electron chi connectivity index (χ3n) is 3.60. The fraction of sp³-hybridized carbons (Fsp3) is 0.533. The number of piperidine rings is 1. The molecule has 6 heteroatoms. The molecule has 1 fully saturated rings. The summed E-state index contributed by atoms with van der Waals surface area (Å²) in [6.45, 7) is 3.10. The minimum Gasteiger partial charge on any atom is -0.387 e. The van der Waals surface area contributed by atoms with Crippen LogP contribution in [0.15, 0.2) is 24.3 Å². The number of hydrogen-bond acceptors (Lipinski definition) is 4. The Balaban J connectivity index is 1.63. The molecule has 0 radical (unpaired) electrons. The maximum Gasteiger partial charge on any atom is 0.251 e. The standard InChI is InChI=1S/C15H22FN3O2/c16-13-4-2-12(3-5-13)14(20)19-9-8-18-11-15(21)6-1-7-17-10-15/h2-5,17-18,21H,1,6-11H2,(H,19,20)/t15-/m0/s1. The van der Waals surface area contributed by atoms with E-state index in [9.17, 15) is 14.3 Å². The molecule has 0 spiro atoms. The van der Waals surface area contributed by atoms with Crippen molar-refractivity contribution in [3.05, 3.63) is 35.6 Å². The van der Waals surface area contributed by atoms with E-state index in [1.165, 1.54) is 24.3 Å². The quantitative estimate of drug-likeness (QED) is 0.568. The Morgan fingerprint density at radius 2 is 2.10 bits per heavy atom. The Labute approximate surface area is 123 Å². The van der Waals surface area contributed by atoms with Crippen molar-refractivity contribution in [2.24, 2.45) is 0 Å². The van der Waals surface area contributed by atoms with Crippen molar-refractivity contribution in [1.29, 1.82) is 0 Å². The first-order valence-corrected chi connectivity index (χ1v) is 7.27. The average Bonchev–Trinajstić information content (AvgIpc) is 2.48. The van der Waals surface area contributed by atoms with E-state index < -0.39 is 5.60 Å². The second-order valence-electron chi connectivity index (χ2n) is 5.44. The van der Waals surface area contributed by atoms with Gasteiger partial charge < -0.3 is 21.1 Å². The maximum absolute atomic E-state index is 12.7. The Morgan fingerprint density at radius 3 is 2.76 bits per heavy atom. The second-order valence-corrected chi connectivity index (χ2v) is 5.44. The monoisotopic (exact) mass is 295 g/mol. The lowest BCUT2D eigenvalue weighted by atomic mass is 9.94. The zero-order valence-corrected chi connectivity index (χ0v) is 12.0. The van der Waals surface area contributed by atoms with Gasteiger partial charge in [0.05, 0.1) is 5.60 Å². The molecule has 1 atom stereocenters. The molecule has 0 bridgehead atoms. The normalized spacial score (nSPS) is 22.0. The molecule has 116 valence electrons. The van der Waals surface area contributed by atoms with Gasteiger partial charge in [0.2, 0.25) is 0 Å². The van der Waals surface area contributed by atoms with E-state index in [1.807, 2.05) is 0 Å². The van der Waals surface area contributed by atoms with E-state index in [-0.39, 0.29) is 11.7 Å². The van der Waals surface area contributed by atoms with Gasteiger partial charge >= 0.3 is 0 Å². The molecule has 1 aliphatic heterocycles. The summed E-state index contributed by atoms with van der Waals surface area (Å²) in [6, 6.07) is 5.43. The average molecular weight is 295 g/mol. The van der Waals surface area contributed by atoms with Crippen LogP contribution in [0.3, 0.4) is 0 Å². The number of carbonyl (C=O) groups excluding carboxylic acids is 1. The van der Waals surface area contributed by atoms with E-state index in [0.29, 0.717) is 31.7 Å². The van der Waals surface area contributed by atoms with E-state index in [1.54, 1.807) is 0 Å². The van der Waals surface area contributed by atoms with Crippen LogP contribution in [0.4, 0.5) is 4.39 Å². The predicted molar refractivity (Wildman–Crippen MR) is 78.7 cm³/mol. The number of amides is 1. The zero-order chi connectivity index (χ0) is 15.1. The minimum atomic E-state index is -0.695. The van der Waals surface area contributed by atoms with Gasteiger partial charge in [0.1, 0.15) is 5.82 Å². The Bertz CT molecular complexity index is 458. The van der Waals surface area contributed by atoms with Crippen LogP contribution in [-0.4, -0.2) is 49.3 Å². The molecule has 1 aliphatic rings. The number of rotatable bonds is 6. The number of hydrogen-bond donors (Lipinski definition) is 4. The van der Waals surface area contributed by atoms with Gasteiger partial charge in [-0.15, -0.1) is 0 Å². The van der Waals surface area contributed by atoms with Crippen LogP contribution in [0.1, 0.15) is 23.2 Å². The second kappa shape index (κ2) is 7.49. The highest BCUT2D eigenvalue weighted by molar-refractivity contribution is 5.94. The number of nitrogens with one attached hydrogen (secondary N) is 3. The fourth-order valence-electron chi connectivity index (χ4n) is 2.39. The Hall–Kier alpha value is -1.50. The van der Waals surface area contributed by atoms with E-state index in [2.05, 4.69) is 16.0 Å². The first kappa shape index (κ1) is 15.9. The van der Waals surface area contributed by atoms with Crippen molar-refractivity contribution < 1.29 is 14.3 Å². The topological polar surface area (TPSA) is 73.4 Å². The van der Waals surface area contributed by atoms with Gasteiger partial charge in [-0.05, 0) is 43.7 Å². The molecule has 1 heterocycles. The first-order chi connectivity index (χ1) is 10.1. The number of halogens is 1. The zero-order valence-electron chi connectivity index (χ0n) is 12.0. The van der Waals surface area contributed by atoms with Crippen LogP contribution in [-0.2, 0) is 0 Å². The van der Waals surface area contributed by atoms with Crippen molar-refractivity contribution in [1.82, 2.24) is 16.0 Å². The molecule has 0 unspecified atom stereocenters. The highest BCUT2D eigenvalue weighted by Crippen LogP contribution is 2.14. The van der Waals surface area contributed by atoms with Crippen molar-refractivity contribution in [2.75, 3.05) is 32.7 Å². The van der Waals surface area contributed by atoms with Gasteiger partial charge in [0.25, 0.3) is 5.91 Å². The molecule has 0 aliphatic carbocycles. The highest BCUT2D eigenvalue weighted by Gasteiger charge is 2.28. The van der Waals surface area contributed by atoms with Crippen LogP contribution in [0.25, 0.3) is 0 Å². The molecule has 4 N–H and O–H groups in total. The van der Waals surface area contributed by atoms with E-state index in [0.717, 1.165) is 19.4 Å². The lowest BCUT2D eigenvalue weighted by molar-refractivity contribution is 0.0174. The minimum absolute atomic E-state index is 0.227. The summed E-state index contributed by atoms with van der Waals surface area (Å²) in [5.74, 6) is -0.586. The van der Waals surface area contributed by atoms with Crippen LogP contribution in [0.2, 0.25) is 0 Å². The number of aliphatic hydroxyl groups is 1. The molecular formula is C15H22FN3O2. The van der Waals surface area contributed by atoms with E-state index in [4.69, 9.17) is 0 Å². The largest absolute Gasteiger partial charge is 0.387 e. The third-order valence-corrected chi connectivity index (χ3v) is 3.60. The van der Waals surface area contributed by atoms with Crippen LogP contribution < -0.4 is 16.0 Å². The third kappa shape index (κ3) is 5.08. The maximum atomic E-state index is 12.7. The van der Waals surface area contributed by atoms with E-state index >= 15 is 0 Å². The van der Waals surface area contributed by atoms with Crippen LogP contribution in [0.5, 0.6) is 0 Å². The first-order valence-electron chi connectivity index (χ1n) is 7.27. The van der Waals surface area contributed by atoms with Crippen molar-refractivity contribution in [3.8, 4) is 0 Å². The van der Waals surface area contributed by atoms with Gasteiger partial charge in [-0.3, -0.25) is 4.79 Å². The summed E-state index contributed by atoms with van der Waals surface area (Å²) in [4.78, 5) is 11.8. The lowest BCUT2D eigenvalue weighted by Gasteiger charge is -2.32. The molecule has 0 saturated carbocycles. The summed E-state index contributed by atoms with van der Waals surface area (Å²) >= 11 is 0. The number of β-amino-alcohol motifs (C(OH)–C–C–N with tert-alkyl or cyclic N) is 1. The summed E-state index contributed by atoms with van der Waals surface area (Å²) in [6.07, 6.45) is 1.76. The molecule has 1 aromatic carbocycles. The van der Waals surface area contributed by atoms with Crippen molar-refractivity contribution in [3.63, 3.8) is 0 Å². The molecule has 0 aromatic heterocycles. The summed E-state index contributed by atoms with van der Waals surface area (Å²) < 4.78 is 12.7. The fourth-order valence-corrected chi connectivity index (χ4v) is 2.39. The predicted octanol–water partition coefficient (Wildman–Crippen LogP) is 0.260. The van der Waals surface area contributed by atoms with Gasteiger partial charge in [-0.2, -0.15) is 0 Å². The van der Waals surface area contributed by atoms with Crippen LogP contribution in [0, 0.1) is 5.82 Å². The summed E-state index contributed by atoms with van der Waals surface area (Å²) in [7, 11) is 0. The molecule has 2 rings (SSSR count). The molecule has 1 saturated heterocycles. The SMILES string of the molecule is O=C(NCCNC[C@]1(O)CCCNC1)c1ccc(F)cc1. The number of benzene rings is 1. The van der Waals surface area contributed by atoms with Crippen molar-refractivity contribution in [2.45, 2.75) is 18.4 Å². The van der Waals surface area contributed by atoms with Crippen LogP contribution >= 0.6 is 0 Å². The molecular weight excluding hydrogens is 273 g/mol. The van der Waals surface area contributed by atoms with Gasteiger partial charge in [-0.1, -0.05) is 0 Å². The van der Waals surface area contributed by atoms with Crippen molar-refractivity contribution >= 4 is 5.91 Å². The summed E-state index contributed by atoms with van der Waals surface area (Å²) in [5, 5.41) is 19.3. The Morgan fingerprint density at radius 1 is 1.33 bits per heavy atom. The van der Waals surface area contributed by atoms with Gasteiger partial charge in [0, 0.05) is 31.7 Å². The van der Waals surface area contributed by atoms with Gasteiger partial charge in [0.15, 0.2) is 0 Å².